The van der Waals surface area contributed by atoms with E-state index < -0.39 is 10.0 Å². The molecule has 164 valence electrons. The predicted molar refractivity (Wildman–Crippen MR) is 120 cm³/mol. The number of nitrogens with zero attached hydrogens (tertiary/aromatic N) is 3. The quantitative estimate of drug-likeness (QED) is 0.608. The van der Waals surface area contributed by atoms with Gasteiger partial charge in [0.05, 0.1) is 16.6 Å². The largest absolute Gasteiger partial charge is 0.338 e. The molecule has 1 N–H and O–H groups in total. The highest BCUT2D eigenvalue weighted by Gasteiger charge is 2.33. The van der Waals surface area contributed by atoms with Crippen molar-refractivity contribution in [3.63, 3.8) is 0 Å². The van der Waals surface area contributed by atoms with Crippen LogP contribution in [-0.4, -0.2) is 53.4 Å². The van der Waals surface area contributed by atoms with Gasteiger partial charge in [0, 0.05) is 42.5 Å². The van der Waals surface area contributed by atoms with Gasteiger partial charge in [-0.05, 0) is 55.7 Å². The minimum Gasteiger partial charge on any atom is -0.338 e. The Labute approximate surface area is 187 Å². The monoisotopic (exact) mass is 460 g/mol. The van der Waals surface area contributed by atoms with Crippen LogP contribution in [0, 0.1) is 5.92 Å². The number of carbonyl (C=O) groups excluding carboxylic acids is 1. The molecule has 2 aromatic carbocycles. The van der Waals surface area contributed by atoms with Crippen LogP contribution in [0.15, 0.2) is 53.6 Å². The zero-order chi connectivity index (χ0) is 22.0. The molecule has 9 heteroatoms. The molecule has 7 nitrogen and oxygen atoms in total. The number of piperidine rings is 1. The predicted octanol–water partition coefficient (Wildman–Crippen LogP) is 3.67. The van der Waals surface area contributed by atoms with Gasteiger partial charge >= 0.3 is 0 Å². The summed E-state index contributed by atoms with van der Waals surface area (Å²) in [7, 11) is -3.61. The third-order valence-electron chi connectivity index (χ3n) is 5.81. The number of rotatable bonds is 6. The van der Waals surface area contributed by atoms with Gasteiger partial charge in [-0.15, -0.1) is 0 Å². The number of hydrogen-bond donors (Lipinski definition) is 1. The van der Waals surface area contributed by atoms with E-state index in [4.69, 9.17) is 11.6 Å². The van der Waals surface area contributed by atoms with Crippen molar-refractivity contribution in [2.75, 3.05) is 19.6 Å². The van der Waals surface area contributed by atoms with E-state index in [-0.39, 0.29) is 16.7 Å². The van der Waals surface area contributed by atoms with Gasteiger partial charge in [-0.1, -0.05) is 23.7 Å². The average Bonchev–Trinajstić information content (AvgIpc) is 3.25. The fraction of sp³-hybridized carbons (Fsp3) is 0.364. The number of carbonyl (C=O) groups is 1. The molecule has 0 unspecified atom stereocenters. The minimum absolute atomic E-state index is 0.0680. The van der Waals surface area contributed by atoms with Gasteiger partial charge in [0.15, 0.2) is 0 Å². The van der Waals surface area contributed by atoms with E-state index in [1.807, 2.05) is 36.1 Å². The number of aromatic amines is 1. The smallest absolute Gasteiger partial charge is 0.243 e. The molecule has 0 saturated carbocycles. The lowest BCUT2D eigenvalue weighted by atomic mass is 9.96. The van der Waals surface area contributed by atoms with Gasteiger partial charge in [-0.25, -0.2) is 8.42 Å². The van der Waals surface area contributed by atoms with Crippen molar-refractivity contribution in [3.8, 4) is 0 Å². The Kier molecular flexibility index (Phi) is 6.31. The minimum atomic E-state index is -3.61. The molecule has 1 aliphatic rings. The number of fused-ring (bicyclic) bond motifs is 1. The Morgan fingerprint density at radius 3 is 2.71 bits per heavy atom. The first-order valence-corrected chi connectivity index (χ1v) is 12.2. The van der Waals surface area contributed by atoms with Gasteiger partial charge in [-0.3, -0.25) is 9.89 Å². The standard InChI is InChI=1S/C22H25ClN4O3S/c1-2-26(15-16-4-3-5-19(23)12-16)22(28)17-8-10-27(11-9-17)31(29,30)20-7-6-18-14-24-25-21(18)13-20/h3-7,12-14,17H,2,8-11,15H2,1H3,(H,24,25). The van der Waals surface area contributed by atoms with Crippen molar-refractivity contribution >= 4 is 38.4 Å². The van der Waals surface area contributed by atoms with E-state index in [2.05, 4.69) is 10.2 Å². The lowest BCUT2D eigenvalue weighted by molar-refractivity contribution is -0.137. The average molecular weight is 461 g/mol. The van der Waals surface area contributed by atoms with Crippen molar-refractivity contribution in [1.82, 2.24) is 19.4 Å². The molecule has 0 bridgehead atoms. The summed E-state index contributed by atoms with van der Waals surface area (Å²) in [5.41, 5.74) is 1.67. The zero-order valence-corrected chi connectivity index (χ0v) is 18.9. The van der Waals surface area contributed by atoms with Crippen LogP contribution in [0.4, 0.5) is 0 Å². The summed E-state index contributed by atoms with van der Waals surface area (Å²) in [4.78, 5) is 15.1. The summed E-state index contributed by atoms with van der Waals surface area (Å²) >= 11 is 6.06. The molecule has 1 saturated heterocycles. The number of aromatic nitrogens is 2. The van der Waals surface area contributed by atoms with Crippen LogP contribution in [0.3, 0.4) is 0 Å². The number of nitrogens with one attached hydrogen (secondary N) is 1. The molecule has 2 heterocycles. The van der Waals surface area contributed by atoms with E-state index in [0.717, 1.165) is 10.9 Å². The second kappa shape index (κ2) is 8.98. The van der Waals surface area contributed by atoms with Crippen molar-refractivity contribution in [2.45, 2.75) is 31.2 Å². The molecule has 0 aliphatic carbocycles. The van der Waals surface area contributed by atoms with Crippen LogP contribution in [0.5, 0.6) is 0 Å². The maximum absolute atomic E-state index is 13.1. The highest BCUT2D eigenvalue weighted by molar-refractivity contribution is 7.89. The maximum Gasteiger partial charge on any atom is 0.243 e. The molecule has 1 aromatic heterocycles. The Bertz CT molecular complexity index is 1190. The molecule has 31 heavy (non-hydrogen) atoms. The molecular weight excluding hydrogens is 436 g/mol. The first kappa shape index (κ1) is 21.8. The summed E-state index contributed by atoms with van der Waals surface area (Å²) in [6.07, 6.45) is 2.68. The number of H-pyrrole nitrogens is 1. The number of hydrogen-bond acceptors (Lipinski definition) is 4. The Morgan fingerprint density at radius 1 is 1.23 bits per heavy atom. The van der Waals surface area contributed by atoms with Crippen LogP contribution in [0.1, 0.15) is 25.3 Å². The van der Waals surface area contributed by atoms with E-state index >= 15 is 0 Å². The Hall–Kier alpha value is -2.42. The van der Waals surface area contributed by atoms with Crippen LogP contribution in [0.25, 0.3) is 10.9 Å². The molecule has 1 fully saturated rings. The first-order chi connectivity index (χ1) is 14.9. The van der Waals surface area contributed by atoms with Gasteiger partial charge in [0.25, 0.3) is 0 Å². The van der Waals surface area contributed by atoms with Crippen LogP contribution >= 0.6 is 11.6 Å². The third kappa shape index (κ3) is 4.61. The lowest BCUT2D eigenvalue weighted by Crippen LogP contribution is -2.44. The number of sulfonamides is 1. The fourth-order valence-electron chi connectivity index (χ4n) is 4.03. The molecular formula is C22H25ClN4O3S. The van der Waals surface area contributed by atoms with Crippen molar-refractivity contribution < 1.29 is 13.2 Å². The second-order valence-electron chi connectivity index (χ2n) is 7.78. The van der Waals surface area contributed by atoms with Crippen LogP contribution in [0.2, 0.25) is 5.02 Å². The summed E-state index contributed by atoms with van der Waals surface area (Å²) in [6.45, 7) is 3.70. The van der Waals surface area contributed by atoms with Crippen molar-refractivity contribution in [3.05, 3.63) is 59.2 Å². The van der Waals surface area contributed by atoms with E-state index in [1.165, 1.54) is 4.31 Å². The van der Waals surface area contributed by atoms with E-state index in [1.54, 1.807) is 24.4 Å². The maximum atomic E-state index is 13.1. The summed E-state index contributed by atoms with van der Waals surface area (Å²) < 4.78 is 27.6. The van der Waals surface area contributed by atoms with Crippen molar-refractivity contribution in [2.24, 2.45) is 5.92 Å². The summed E-state index contributed by atoms with van der Waals surface area (Å²) in [6, 6.07) is 12.5. The SMILES string of the molecule is CCN(Cc1cccc(Cl)c1)C(=O)C1CCN(S(=O)(=O)c2ccc3cn[nH]c3c2)CC1. The Morgan fingerprint density at radius 2 is 2.00 bits per heavy atom. The number of benzene rings is 2. The number of halogens is 1. The Balaban J connectivity index is 1.41. The second-order valence-corrected chi connectivity index (χ2v) is 10.2. The molecule has 4 rings (SSSR count). The highest BCUT2D eigenvalue weighted by atomic mass is 35.5. The zero-order valence-electron chi connectivity index (χ0n) is 17.3. The van der Waals surface area contributed by atoms with Gasteiger partial charge in [-0.2, -0.15) is 9.40 Å². The molecule has 0 atom stereocenters. The molecule has 0 radical (unpaired) electrons. The summed E-state index contributed by atoms with van der Waals surface area (Å²) in [5, 5.41) is 8.26. The highest BCUT2D eigenvalue weighted by Crippen LogP contribution is 2.27. The van der Waals surface area contributed by atoms with Crippen LogP contribution < -0.4 is 0 Å². The molecule has 3 aromatic rings. The normalized spacial score (nSPS) is 15.9. The van der Waals surface area contributed by atoms with E-state index in [9.17, 15) is 13.2 Å². The first-order valence-electron chi connectivity index (χ1n) is 10.3. The van der Waals surface area contributed by atoms with E-state index in [0.29, 0.717) is 49.6 Å². The van der Waals surface area contributed by atoms with Gasteiger partial charge < -0.3 is 4.90 Å². The molecule has 1 amide bonds. The van der Waals surface area contributed by atoms with Crippen molar-refractivity contribution in [1.29, 1.82) is 0 Å². The third-order valence-corrected chi connectivity index (χ3v) is 7.94. The topological polar surface area (TPSA) is 86.4 Å². The summed E-state index contributed by atoms with van der Waals surface area (Å²) in [5.74, 6) is -0.112. The van der Waals surface area contributed by atoms with Gasteiger partial charge in [0.1, 0.15) is 0 Å². The molecule has 1 aliphatic heterocycles. The molecule has 0 spiro atoms. The number of amides is 1. The van der Waals surface area contributed by atoms with Crippen LogP contribution in [-0.2, 0) is 21.4 Å². The lowest BCUT2D eigenvalue weighted by Gasteiger charge is -2.33. The van der Waals surface area contributed by atoms with Gasteiger partial charge in [0.2, 0.25) is 15.9 Å². The fourth-order valence-corrected chi connectivity index (χ4v) is 5.74.